The Bertz CT molecular complexity index is 1210. The summed E-state index contributed by atoms with van der Waals surface area (Å²) in [6.45, 7) is 20.0. The first-order valence-corrected chi connectivity index (χ1v) is 16.1. The molecule has 1 aromatic carbocycles. The van der Waals surface area contributed by atoms with Crippen LogP contribution in [-0.4, -0.2) is 16.8 Å². The molecule has 6 rings (SSSR count). The summed E-state index contributed by atoms with van der Waals surface area (Å²) in [7, 11) is 0. The zero-order chi connectivity index (χ0) is 28.2. The van der Waals surface area contributed by atoms with Gasteiger partial charge < -0.3 is 10.2 Å². The molecule has 0 amide bonds. The van der Waals surface area contributed by atoms with Gasteiger partial charge in [0.15, 0.2) is 0 Å². The maximum atomic E-state index is 10.8. The number of benzene rings is 1. The van der Waals surface area contributed by atoms with Gasteiger partial charge in [0.1, 0.15) is 5.75 Å². The first-order valence-electron chi connectivity index (χ1n) is 15.7. The second kappa shape index (κ2) is 8.87. The van der Waals surface area contributed by atoms with E-state index in [-0.39, 0.29) is 22.0 Å². The van der Waals surface area contributed by atoms with Gasteiger partial charge in [-0.15, -0.1) is 0 Å². The third kappa shape index (κ3) is 3.55. The van der Waals surface area contributed by atoms with E-state index in [1.807, 2.05) is 12.1 Å². The molecular weight excluding hydrogens is 500 g/mol. The maximum Gasteiger partial charge on any atom is 0.134 e. The molecule has 9 atom stereocenters. The highest BCUT2D eigenvalue weighted by atomic mass is 35.5. The molecule has 1 unspecified atom stereocenters. The van der Waals surface area contributed by atoms with E-state index in [9.17, 15) is 10.2 Å². The monoisotopic (exact) mass is 550 g/mol. The normalized spacial score (nSPS) is 46.4. The Morgan fingerprint density at radius 1 is 0.949 bits per heavy atom. The summed E-state index contributed by atoms with van der Waals surface area (Å²) in [6.07, 6.45) is 13.7. The van der Waals surface area contributed by atoms with Gasteiger partial charge >= 0.3 is 0 Å². The third-order valence-corrected chi connectivity index (χ3v) is 14.7. The summed E-state index contributed by atoms with van der Waals surface area (Å²) in [5.74, 6) is 3.33. The first kappa shape index (κ1) is 27.9. The Kier molecular flexibility index (Phi) is 6.35. The summed E-state index contributed by atoms with van der Waals surface area (Å²) in [4.78, 5) is 0. The van der Waals surface area contributed by atoms with Crippen LogP contribution in [0.3, 0.4) is 0 Å². The molecular formula is C36H51ClO2. The fourth-order valence-electron chi connectivity index (χ4n) is 12.3. The smallest absolute Gasteiger partial charge is 0.134 e. The number of aliphatic hydroxyl groups excluding tert-OH is 1. The summed E-state index contributed by atoms with van der Waals surface area (Å²) in [5, 5.41) is 21.3. The van der Waals surface area contributed by atoms with Gasteiger partial charge in [-0.1, -0.05) is 70.5 Å². The average Bonchev–Trinajstić information content (AvgIpc) is 3.26. The van der Waals surface area contributed by atoms with E-state index in [2.05, 4.69) is 54.2 Å². The number of phenolic OH excluding ortho intramolecular Hbond substituents is 1. The first-order chi connectivity index (χ1) is 18.2. The molecule has 0 aromatic heterocycles. The van der Waals surface area contributed by atoms with E-state index < -0.39 is 0 Å². The number of fused-ring (bicyclic) bond motifs is 7. The van der Waals surface area contributed by atoms with Crippen LogP contribution in [0.25, 0.3) is 5.57 Å². The number of aliphatic hydroxyl groups is 1. The van der Waals surface area contributed by atoms with E-state index in [1.54, 1.807) is 6.07 Å². The Morgan fingerprint density at radius 3 is 2.36 bits per heavy atom. The minimum Gasteiger partial charge on any atom is -0.506 e. The van der Waals surface area contributed by atoms with Crippen molar-refractivity contribution in [1.82, 2.24) is 0 Å². The van der Waals surface area contributed by atoms with Crippen molar-refractivity contribution < 1.29 is 10.2 Å². The molecule has 4 saturated carbocycles. The van der Waals surface area contributed by atoms with Crippen molar-refractivity contribution in [3.8, 4) is 5.75 Å². The molecule has 0 heterocycles. The van der Waals surface area contributed by atoms with Crippen molar-refractivity contribution in [2.75, 3.05) is 6.61 Å². The Labute approximate surface area is 242 Å². The predicted molar refractivity (Wildman–Crippen MR) is 163 cm³/mol. The van der Waals surface area contributed by atoms with Crippen LogP contribution < -0.4 is 0 Å². The lowest BCUT2D eigenvalue weighted by Gasteiger charge is -2.72. The number of halogens is 1. The van der Waals surface area contributed by atoms with Gasteiger partial charge in [0.2, 0.25) is 0 Å². The number of hydrogen-bond acceptors (Lipinski definition) is 2. The molecule has 214 valence electrons. The van der Waals surface area contributed by atoms with Gasteiger partial charge in [-0.05, 0) is 145 Å². The second-order valence-corrected chi connectivity index (χ2v) is 16.3. The van der Waals surface area contributed by atoms with Crippen molar-refractivity contribution in [2.45, 2.75) is 99.3 Å². The minimum absolute atomic E-state index is 0.0431. The molecule has 4 fully saturated rings. The Balaban J connectivity index is 1.38. The van der Waals surface area contributed by atoms with Crippen molar-refractivity contribution in [3.63, 3.8) is 0 Å². The zero-order valence-electron chi connectivity index (χ0n) is 25.2. The maximum absolute atomic E-state index is 10.8. The van der Waals surface area contributed by atoms with Crippen LogP contribution in [0.1, 0.15) is 105 Å². The zero-order valence-corrected chi connectivity index (χ0v) is 26.0. The quantitative estimate of drug-likeness (QED) is 0.368. The molecule has 5 aliphatic carbocycles. The van der Waals surface area contributed by atoms with Crippen molar-refractivity contribution in [3.05, 3.63) is 47.0 Å². The van der Waals surface area contributed by atoms with Crippen LogP contribution in [0.15, 0.2) is 36.4 Å². The van der Waals surface area contributed by atoms with Crippen LogP contribution in [0, 0.1) is 56.7 Å². The van der Waals surface area contributed by atoms with E-state index in [0.29, 0.717) is 52.0 Å². The van der Waals surface area contributed by atoms with Crippen LogP contribution in [0.5, 0.6) is 5.75 Å². The summed E-state index contributed by atoms with van der Waals surface area (Å²) in [5.41, 5.74) is 4.96. The highest BCUT2D eigenvalue weighted by Gasteiger charge is 2.70. The van der Waals surface area contributed by atoms with Gasteiger partial charge in [-0.2, -0.15) is 0 Å². The van der Waals surface area contributed by atoms with Crippen LogP contribution in [0.2, 0.25) is 5.02 Å². The van der Waals surface area contributed by atoms with Crippen LogP contribution in [0.4, 0.5) is 0 Å². The number of phenols is 1. The number of hydrogen-bond donors (Lipinski definition) is 2. The van der Waals surface area contributed by atoms with E-state index in [0.717, 1.165) is 12.0 Å². The molecule has 0 radical (unpaired) electrons. The Morgan fingerprint density at radius 2 is 1.69 bits per heavy atom. The topological polar surface area (TPSA) is 40.5 Å². The molecule has 0 bridgehead atoms. The van der Waals surface area contributed by atoms with Gasteiger partial charge in [-0.3, -0.25) is 0 Å². The van der Waals surface area contributed by atoms with Crippen LogP contribution >= 0.6 is 11.6 Å². The molecule has 1 aromatic rings. The second-order valence-electron chi connectivity index (χ2n) is 15.9. The minimum atomic E-state index is 0.0431. The molecule has 39 heavy (non-hydrogen) atoms. The fraction of sp³-hybridized carbons (Fsp3) is 0.722. The molecule has 2 nitrogen and oxygen atoms in total. The molecule has 3 heteroatoms. The predicted octanol–water partition coefficient (Wildman–Crippen LogP) is 9.69. The molecule has 0 spiro atoms. The number of aromatic hydroxyl groups is 1. The Hall–Kier alpha value is -1.25. The fourth-order valence-corrected chi connectivity index (χ4v) is 12.5. The lowest BCUT2D eigenvalue weighted by molar-refractivity contribution is -0.228. The van der Waals surface area contributed by atoms with Gasteiger partial charge in [0, 0.05) is 6.61 Å². The van der Waals surface area contributed by atoms with E-state index in [4.69, 9.17) is 11.6 Å². The SMILES string of the molecule is C=C(C)[C@@H]1CC[C@]2(CO)CC[C@]3(C)[C@H](CC[C@@H]4[C@@]5(C)CC=C(c6ccc(O)c(Cl)c6)C(C)(C)[C@@H]5CC[C@]43C)C12. The molecule has 0 aliphatic heterocycles. The highest BCUT2D eigenvalue weighted by Crippen LogP contribution is 2.77. The van der Waals surface area contributed by atoms with Gasteiger partial charge in [0.25, 0.3) is 0 Å². The largest absolute Gasteiger partial charge is 0.506 e. The van der Waals surface area contributed by atoms with Gasteiger partial charge in [0.05, 0.1) is 5.02 Å². The molecule has 2 N–H and O–H groups in total. The lowest BCUT2D eigenvalue weighted by atomic mass is 9.32. The van der Waals surface area contributed by atoms with Crippen LogP contribution in [-0.2, 0) is 0 Å². The highest BCUT2D eigenvalue weighted by molar-refractivity contribution is 6.32. The molecule has 0 saturated heterocycles. The van der Waals surface area contributed by atoms with E-state index >= 15 is 0 Å². The number of allylic oxidation sites excluding steroid dienone is 3. The summed E-state index contributed by atoms with van der Waals surface area (Å²) >= 11 is 6.37. The standard InChI is InChI=1S/C36H51ClO2/c1-22(2)24-12-17-36(21-38)19-18-34(6)26(31(24)36)9-11-30-33(5)15-13-25(23-8-10-28(39)27(37)20-23)32(3,4)29(33)14-16-35(30,34)7/h8,10,13,20,24,26,29-31,38-39H,1,9,11-12,14-19,21H2,2-7H3/t24-,26+,29-,30+,31?,33-,34+,35+,36+/m0/s1. The van der Waals surface area contributed by atoms with Crippen molar-refractivity contribution in [1.29, 1.82) is 0 Å². The summed E-state index contributed by atoms with van der Waals surface area (Å²) < 4.78 is 0. The number of rotatable bonds is 3. The van der Waals surface area contributed by atoms with Crippen molar-refractivity contribution in [2.24, 2.45) is 56.7 Å². The average molecular weight is 551 g/mol. The van der Waals surface area contributed by atoms with Gasteiger partial charge in [-0.25, -0.2) is 0 Å². The van der Waals surface area contributed by atoms with E-state index in [1.165, 1.54) is 62.5 Å². The third-order valence-electron chi connectivity index (χ3n) is 14.4. The summed E-state index contributed by atoms with van der Waals surface area (Å²) in [6, 6.07) is 5.76. The lowest BCUT2D eigenvalue weighted by Crippen LogP contribution is -2.65. The van der Waals surface area contributed by atoms with Crippen molar-refractivity contribution >= 4 is 17.2 Å². The molecule has 5 aliphatic rings.